The lowest BCUT2D eigenvalue weighted by atomic mass is 9.95. The van der Waals surface area contributed by atoms with Gasteiger partial charge in [-0.1, -0.05) is 19.1 Å². The first kappa shape index (κ1) is 24.7. The zero-order valence-electron chi connectivity index (χ0n) is 18.9. The highest BCUT2D eigenvalue weighted by molar-refractivity contribution is 7.89. The van der Waals surface area contributed by atoms with E-state index in [1.54, 1.807) is 19.1 Å². The number of benzene rings is 2. The van der Waals surface area contributed by atoms with Crippen molar-refractivity contribution in [3.05, 3.63) is 59.9 Å². The Morgan fingerprint density at radius 2 is 1.79 bits per heavy atom. The average molecular weight is 478 g/mol. The fraction of sp³-hybridized carbons (Fsp3) is 0.391. The van der Waals surface area contributed by atoms with Crippen LogP contribution in [0.15, 0.2) is 53.4 Å². The summed E-state index contributed by atoms with van der Waals surface area (Å²) in [7, 11) is -2.55. The topological polar surface area (TPSA) is 96.0 Å². The minimum atomic E-state index is -4.03. The molecular formula is C23H28FN3O5S. The highest BCUT2D eigenvalue weighted by Gasteiger charge is 2.50. The molecular weight excluding hydrogens is 449 g/mol. The number of sulfonamides is 1. The summed E-state index contributed by atoms with van der Waals surface area (Å²) in [5, 5.41) is 2.77. The molecule has 1 unspecified atom stereocenters. The van der Waals surface area contributed by atoms with E-state index in [2.05, 4.69) is 5.32 Å². The van der Waals surface area contributed by atoms with Crippen LogP contribution in [0.1, 0.15) is 25.8 Å². The van der Waals surface area contributed by atoms with E-state index in [1.807, 2.05) is 6.92 Å². The van der Waals surface area contributed by atoms with Gasteiger partial charge in [0.25, 0.3) is 0 Å². The van der Waals surface area contributed by atoms with Crippen molar-refractivity contribution in [2.75, 3.05) is 26.7 Å². The van der Waals surface area contributed by atoms with Crippen molar-refractivity contribution in [3.8, 4) is 5.75 Å². The van der Waals surface area contributed by atoms with Crippen molar-refractivity contribution in [2.24, 2.45) is 0 Å². The van der Waals surface area contributed by atoms with Gasteiger partial charge in [0.05, 0.1) is 18.6 Å². The molecule has 2 aromatic carbocycles. The van der Waals surface area contributed by atoms with Crippen LogP contribution in [0, 0.1) is 5.82 Å². The van der Waals surface area contributed by atoms with Gasteiger partial charge >= 0.3 is 0 Å². The van der Waals surface area contributed by atoms with E-state index in [9.17, 15) is 22.4 Å². The highest BCUT2D eigenvalue weighted by Crippen LogP contribution is 2.28. The summed E-state index contributed by atoms with van der Waals surface area (Å²) in [4.78, 5) is 27.7. The summed E-state index contributed by atoms with van der Waals surface area (Å²) in [6.45, 7) is 3.34. The van der Waals surface area contributed by atoms with Gasteiger partial charge in [0.2, 0.25) is 21.8 Å². The fourth-order valence-corrected chi connectivity index (χ4v) is 5.31. The van der Waals surface area contributed by atoms with Gasteiger partial charge in [0.15, 0.2) is 0 Å². The predicted octanol–water partition coefficient (Wildman–Crippen LogP) is 2.15. The number of amides is 2. The average Bonchev–Trinajstić information content (AvgIpc) is 2.80. The Bertz CT molecular complexity index is 1110. The lowest BCUT2D eigenvalue weighted by Crippen LogP contribution is -2.69. The van der Waals surface area contributed by atoms with Crippen LogP contribution in [-0.4, -0.2) is 61.7 Å². The maximum atomic E-state index is 13.3. The second-order valence-corrected chi connectivity index (χ2v) is 10.0. The third-order valence-corrected chi connectivity index (χ3v) is 7.50. The van der Waals surface area contributed by atoms with Crippen LogP contribution < -0.4 is 10.1 Å². The number of nitrogens with one attached hydrogen (secondary N) is 1. The lowest BCUT2D eigenvalue weighted by Gasteiger charge is -2.46. The SMILES string of the molecule is CCCN1C(=O)CN(S(=O)(=O)c2ccc(OC)cc2)CC1(C)C(=O)NCc1ccc(F)cc1. The Hall–Kier alpha value is -2.98. The number of carbonyl (C=O) groups is 2. The molecule has 33 heavy (non-hydrogen) atoms. The summed E-state index contributed by atoms with van der Waals surface area (Å²) in [6, 6.07) is 11.5. The normalized spacial score (nSPS) is 19.4. The molecule has 1 N–H and O–H groups in total. The van der Waals surface area contributed by atoms with Crippen molar-refractivity contribution in [1.82, 2.24) is 14.5 Å². The minimum Gasteiger partial charge on any atom is -0.497 e. The van der Waals surface area contributed by atoms with E-state index in [4.69, 9.17) is 4.74 Å². The summed E-state index contributed by atoms with van der Waals surface area (Å²) in [5.74, 6) is -0.811. The number of piperazine rings is 1. The molecule has 1 heterocycles. The van der Waals surface area contributed by atoms with Gasteiger partial charge in [-0.05, 0) is 55.3 Å². The van der Waals surface area contributed by atoms with Gasteiger partial charge in [0, 0.05) is 19.6 Å². The maximum absolute atomic E-state index is 13.3. The Morgan fingerprint density at radius 3 is 2.36 bits per heavy atom. The first-order valence-electron chi connectivity index (χ1n) is 10.6. The molecule has 2 amide bonds. The molecule has 1 aliphatic rings. The second-order valence-electron chi connectivity index (χ2n) is 8.08. The molecule has 0 radical (unpaired) electrons. The third kappa shape index (κ3) is 5.17. The predicted molar refractivity (Wildman–Crippen MR) is 120 cm³/mol. The number of carbonyl (C=O) groups excluding carboxylic acids is 2. The fourth-order valence-electron chi connectivity index (χ4n) is 3.83. The molecule has 1 saturated heterocycles. The van der Waals surface area contributed by atoms with Crippen molar-refractivity contribution in [3.63, 3.8) is 0 Å². The Balaban J connectivity index is 1.86. The third-order valence-electron chi connectivity index (χ3n) is 5.69. The standard InChI is InChI=1S/C23H28FN3O5S/c1-4-13-27-21(28)15-26(33(30,31)20-11-9-19(32-3)10-12-20)16-23(27,2)22(29)25-14-17-5-7-18(24)8-6-17/h5-12H,4,13-16H2,1-3H3,(H,25,29). The zero-order chi connectivity index (χ0) is 24.2. The van der Waals surface area contributed by atoms with Gasteiger partial charge in [-0.2, -0.15) is 4.31 Å². The largest absolute Gasteiger partial charge is 0.497 e. The van der Waals surface area contributed by atoms with E-state index in [1.165, 1.54) is 48.4 Å². The van der Waals surface area contributed by atoms with Gasteiger partial charge in [-0.25, -0.2) is 12.8 Å². The van der Waals surface area contributed by atoms with E-state index < -0.39 is 27.4 Å². The second kappa shape index (κ2) is 9.88. The van der Waals surface area contributed by atoms with Crippen molar-refractivity contribution < 1.29 is 27.1 Å². The molecule has 0 aliphatic carbocycles. The van der Waals surface area contributed by atoms with Crippen molar-refractivity contribution >= 4 is 21.8 Å². The summed E-state index contributed by atoms with van der Waals surface area (Å²) < 4.78 is 45.8. The molecule has 0 saturated carbocycles. The molecule has 178 valence electrons. The van der Waals surface area contributed by atoms with Crippen LogP contribution in [0.3, 0.4) is 0 Å². The molecule has 8 nitrogen and oxygen atoms in total. The van der Waals surface area contributed by atoms with Gasteiger partial charge in [-0.3, -0.25) is 9.59 Å². The van der Waals surface area contributed by atoms with Crippen LogP contribution in [-0.2, 0) is 26.2 Å². The summed E-state index contributed by atoms with van der Waals surface area (Å²) in [5.41, 5.74) is -0.731. The van der Waals surface area contributed by atoms with Crippen LogP contribution in [0.25, 0.3) is 0 Å². The Kier molecular flexibility index (Phi) is 7.38. The summed E-state index contributed by atoms with van der Waals surface area (Å²) >= 11 is 0. The number of hydrogen-bond acceptors (Lipinski definition) is 5. The molecule has 1 atom stereocenters. The molecule has 0 aromatic heterocycles. The smallest absolute Gasteiger partial charge is 0.247 e. The van der Waals surface area contributed by atoms with Crippen molar-refractivity contribution in [1.29, 1.82) is 0 Å². The molecule has 0 bridgehead atoms. The maximum Gasteiger partial charge on any atom is 0.247 e. The minimum absolute atomic E-state index is 0.00844. The van der Waals surface area contributed by atoms with E-state index in [0.29, 0.717) is 24.3 Å². The van der Waals surface area contributed by atoms with E-state index >= 15 is 0 Å². The van der Waals surface area contributed by atoms with E-state index in [0.717, 1.165) is 4.31 Å². The number of methoxy groups -OCH3 is 1. The van der Waals surface area contributed by atoms with Crippen LogP contribution in [0.4, 0.5) is 4.39 Å². The van der Waals surface area contributed by atoms with Gasteiger partial charge < -0.3 is 15.0 Å². The van der Waals surface area contributed by atoms with Crippen LogP contribution in [0.5, 0.6) is 5.75 Å². The highest BCUT2D eigenvalue weighted by atomic mass is 32.2. The number of rotatable bonds is 8. The Labute approximate surface area is 193 Å². The van der Waals surface area contributed by atoms with Gasteiger partial charge in [-0.15, -0.1) is 0 Å². The van der Waals surface area contributed by atoms with Gasteiger partial charge in [0.1, 0.15) is 17.1 Å². The number of ether oxygens (including phenoxy) is 1. The number of hydrogen-bond donors (Lipinski definition) is 1. The number of halogens is 1. The zero-order valence-corrected chi connectivity index (χ0v) is 19.7. The van der Waals surface area contributed by atoms with Crippen LogP contribution in [0.2, 0.25) is 0 Å². The van der Waals surface area contributed by atoms with Crippen molar-refractivity contribution in [2.45, 2.75) is 37.2 Å². The quantitative estimate of drug-likeness (QED) is 0.629. The molecule has 2 aromatic rings. The van der Waals surface area contributed by atoms with Crippen LogP contribution >= 0.6 is 0 Å². The molecule has 1 fully saturated rings. The molecule has 0 spiro atoms. The molecule has 3 rings (SSSR count). The molecule has 1 aliphatic heterocycles. The first-order chi connectivity index (χ1) is 15.6. The monoisotopic (exact) mass is 477 g/mol. The molecule has 10 heteroatoms. The number of nitrogens with zero attached hydrogens (tertiary/aromatic N) is 2. The summed E-state index contributed by atoms with van der Waals surface area (Å²) in [6.07, 6.45) is 0.609. The Morgan fingerprint density at radius 1 is 1.15 bits per heavy atom. The van der Waals surface area contributed by atoms with E-state index in [-0.39, 0.29) is 30.3 Å². The first-order valence-corrected chi connectivity index (χ1v) is 12.0. The lowest BCUT2D eigenvalue weighted by molar-refractivity contribution is -0.152.